The summed E-state index contributed by atoms with van der Waals surface area (Å²) in [5.74, 6) is 2.40. The van der Waals surface area contributed by atoms with E-state index in [2.05, 4.69) is 20.9 Å². The molecule has 1 aliphatic carbocycles. The van der Waals surface area contributed by atoms with Crippen LogP contribution in [0, 0.1) is 5.92 Å². The molecule has 1 aliphatic rings. The lowest BCUT2D eigenvalue weighted by Gasteiger charge is -2.13. The first-order chi connectivity index (χ1) is 13.8. The molecule has 150 valence electrons. The van der Waals surface area contributed by atoms with Crippen molar-refractivity contribution in [2.75, 3.05) is 26.2 Å². The molecule has 1 aromatic heterocycles. The number of nitrogens with one attached hydrogen (secondary N) is 3. The number of guanidine groups is 1. The van der Waals surface area contributed by atoms with Gasteiger partial charge in [-0.15, -0.1) is 0 Å². The Hall–Kier alpha value is -2.96. The third kappa shape index (κ3) is 6.33. The molecule has 0 aliphatic heterocycles. The van der Waals surface area contributed by atoms with E-state index in [1.54, 1.807) is 12.1 Å². The fraction of sp³-hybridized carbons (Fsp3) is 0.429. The van der Waals surface area contributed by atoms with Crippen LogP contribution in [0.1, 0.15) is 35.9 Å². The lowest BCUT2D eigenvalue weighted by atomic mass is 10.2. The lowest BCUT2D eigenvalue weighted by Crippen LogP contribution is -2.41. The van der Waals surface area contributed by atoms with Crippen LogP contribution < -0.4 is 20.7 Å². The second-order valence-corrected chi connectivity index (χ2v) is 6.72. The number of ether oxygens (including phenoxy) is 1. The number of nitrogens with zero attached hydrogens (tertiary/aromatic N) is 1. The summed E-state index contributed by atoms with van der Waals surface area (Å²) >= 11 is 0. The second-order valence-electron chi connectivity index (χ2n) is 6.72. The van der Waals surface area contributed by atoms with Crippen LogP contribution in [0.4, 0.5) is 0 Å². The van der Waals surface area contributed by atoms with Gasteiger partial charge in [-0.3, -0.25) is 4.79 Å². The molecule has 7 nitrogen and oxygen atoms in total. The quantitative estimate of drug-likeness (QED) is 0.333. The summed E-state index contributed by atoms with van der Waals surface area (Å²) < 4.78 is 11.0. The summed E-state index contributed by atoms with van der Waals surface area (Å²) in [7, 11) is 0. The van der Waals surface area contributed by atoms with Crippen LogP contribution in [0.2, 0.25) is 0 Å². The molecule has 2 aromatic rings. The molecule has 0 bridgehead atoms. The van der Waals surface area contributed by atoms with Crippen molar-refractivity contribution in [2.45, 2.75) is 26.3 Å². The fourth-order valence-electron chi connectivity index (χ4n) is 2.63. The molecule has 0 radical (unpaired) electrons. The molecular weight excluding hydrogens is 356 g/mol. The van der Waals surface area contributed by atoms with Crippen molar-refractivity contribution in [1.82, 2.24) is 16.0 Å². The molecule has 3 rings (SSSR count). The second kappa shape index (κ2) is 10.4. The third-order valence-electron chi connectivity index (χ3n) is 4.34. The summed E-state index contributed by atoms with van der Waals surface area (Å²) in [4.78, 5) is 16.5. The smallest absolute Gasteiger partial charge is 0.287 e. The first-order valence-electron chi connectivity index (χ1n) is 9.81. The summed E-state index contributed by atoms with van der Waals surface area (Å²) in [5.41, 5.74) is 1.06. The van der Waals surface area contributed by atoms with E-state index in [1.807, 2.05) is 31.2 Å². The van der Waals surface area contributed by atoms with E-state index in [1.165, 1.54) is 19.1 Å². The van der Waals surface area contributed by atoms with Gasteiger partial charge in [-0.2, -0.15) is 0 Å². The van der Waals surface area contributed by atoms with Gasteiger partial charge >= 0.3 is 0 Å². The highest BCUT2D eigenvalue weighted by Crippen LogP contribution is 2.30. The van der Waals surface area contributed by atoms with Crippen molar-refractivity contribution in [3.63, 3.8) is 0 Å². The Labute approximate surface area is 165 Å². The molecule has 0 saturated heterocycles. The van der Waals surface area contributed by atoms with E-state index < -0.39 is 0 Å². The van der Waals surface area contributed by atoms with Crippen LogP contribution in [0.5, 0.6) is 5.75 Å². The molecule has 3 N–H and O–H groups in total. The standard InChI is InChI=1S/C21H28N4O3/c1-2-22-21(24-12-11-23-20(26)19-8-5-13-27-19)25-14-17-6-3-4-7-18(17)28-15-16-9-10-16/h3-8,13,16H,2,9-12,14-15H2,1H3,(H,23,26)(H2,22,24,25). The highest BCUT2D eigenvalue weighted by molar-refractivity contribution is 5.91. The van der Waals surface area contributed by atoms with Gasteiger partial charge in [-0.05, 0) is 43.9 Å². The highest BCUT2D eigenvalue weighted by Gasteiger charge is 2.22. The average molecular weight is 384 g/mol. The van der Waals surface area contributed by atoms with Gasteiger partial charge in [0.1, 0.15) is 5.75 Å². The van der Waals surface area contributed by atoms with Gasteiger partial charge < -0.3 is 25.1 Å². The van der Waals surface area contributed by atoms with Crippen LogP contribution in [0.25, 0.3) is 0 Å². The van der Waals surface area contributed by atoms with Gasteiger partial charge in [-0.25, -0.2) is 4.99 Å². The summed E-state index contributed by atoms with van der Waals surface area (Å²) in [5, 5.41) is 9.24. The minimum Gasteiger partial charge on any atom is -0.493 e. The molecule has 0 spiro atoms. The number of carbonyl (C=O) groups excluding carboxylic acids is 1. The molecule has 1 aromatic carbocycles. The van der Waals surface area contributed by atoms with E-state index in [4.69, 9.17) is 9.15 Å². The number of carbonyl (C=O) groups is 1. The Morgan fingerprint density at radius 2 is 1.96 bits per heavy atom. The molecular formula is C21H28N4O3. The summed E-state index contributed by atoms with van der Waals surface area (Å²) in [6, 6.07) is 11.4. The summed E-state index contributed by atoms with van der Waals surface area (Å²) in [6.07, 6.45) is 4.02. The Kier molecular flexibility index (Phi) is 7.35. The minimum atomic E-state index is -0.226. The molecule has 1 heterocycles. The lowest BCUT2D eigenvalue weighted by molar-refractivity contribution is 0.0926. The SMILES string of the molecule is CCNC(=NCc1ccccc1OCC1CC1)NCCNC(=O)c1ccco1. The van der Waals surface area contributed by atoms with Crippen molar-refractivity contribution < 1.29 is 13.9 Å². The Morgan fingerprint density at radius 3 is 2.71 bits per heavy atom. The van der Waals surface area contributed by atoms with Gasteiger partial charge in [0.15, 0.2) is 11.7 Å². The molecule has 1 amide bonds. The van der Waals surface area contributed by atoms with Gasteiger partial charge in [0.25, 0.3) is 5.91 Å². The van der Waals surface area contributed by atoms with Gasteiger partial charge in [0, 0.05) is 25.2 Å². The number of aliphatic imine (C=N–C) groups is 1. The molecule has 1 fully saturated rings. The van der Waals surface area contributed by atoms with Gasteiger partial charge in [-0.1, -0.05) is 18.2 Å². The number of furan rings is 1. The Morgan fingerprint density at radius 1 is 1.14 bits per heavy atom. The topological polar surface area (TPSA) is 87.9 Å². The van der Waals surface area contributed by atoms with Crippen LogP contribution >= 0.6 is 0 Å². The highest BCUT2D eigenvalue weighted by atomic mass is 16.5. The van der Waals surface area contributed by atoms with Crippen LogP contribution in [0.15, 0.2) is 52.1 Å². The van der Waals surface area contributed by atoms with Gasteiger partial charge in [0.2, 0.25) is 0 Å². The Balaban J connectivity index is 1.47. The van der Waals surface area contributed by atoms with E-state index in [9.17, 15) is 4.79 Å². The zero-order chi connectivity index (χ0) is 19.6. The number of rotatable bonds is 10. The molecule has 0 unspecified atom stereocenters. The molecule has 1 saturated carbocycles. The number of benzene rings is 1. The van der Waals surface area contributed by atoms with Crippen molar-refractivity contribution in [3.8, 4) is 5.75 Å². The van der Waals surface area contributed by atoms with E-state index in [-0.39, 0.29) is 5.91 Å². The van der Waals surface area contributed by atoms with E-state index in [0.717, 1.165) is 24.5 Å². The van der Waals surface area contributed by atoms with Crippen LogP contribution in [-0.2, 0) is 6.54 Å². The number of amides is 1. The minimum absolute atomic E-state index is 0.226. The Bertz CT molecular complexity index is 770. The summed E-state index contributed by atoms with van der Waals surface area (Å²) in [6.45, 7) is 5.10. The maximum Gasteiger partial charge on any atom is 0.287 e. The normalized spacial score (nSPS) is 13.8. The first-order valence-corrected chi connectivity index (χ1v) is 9.81. The number of hydrogen-bond acceptors (Lipinski definition) is 4. The van der Waals surface area contributed by atoms with E-state index in [0.29, 0.717) is 37.3 Å². The predicted octanol–water partition coefficient (Wildman–Crippen LogP) is 2.55. The maximum absolute atomic E-state index is 11.8. The number of hydrogen-bond donors (Lipinski definition) is 3. The van der Waals surface area contributed by atoms with Crippen molar-refractivity contribution in [3.05, 3.63) is 54.0 Å². The zero-order valence-corrected chi connectivity index (χ0v) is 16.2. The van der Waals surface area contributed by atoms with Crippen molar-refractivity contribution >= 4 is 11.9 Å². The maximum atomic E-state index is 11.8. The molecule has 0 atom stereocenters. The monoisotopic (exact) mass is 384 g/mol. The van der Waals surface area contributed by atoms with E-state index >= 15 is 0 Å². The first kappa shape index (κ1) is 19.8. The average Bonchev–Trinajstić information content (AvgIpc) is 3.38. The van der Waals surface area contributed by atoms with Crippen molar-refractivity contribution in [1.29, 1.82) is 0 Å². The largest absolute Gasteiger partial charge is 0.493 e. The van der Waals surface area contributed by atoms with Crippen molar-refractivity contribution in [2.24, 2.45) is 10.9 Å². The fourth-order valence-corrected chi connectivity index (χ4v) is 2.63. The van der Waals surface area contributed by atoms with Crippen LogP contribution in [0.3, 0.4) is 0 Å². The van der Waals surface area contributed by atoms with Gasteiger partial charge in [0.05, 0.1) is 19.4 Å². The third-order valence-corrected chi connectivity index (χ3v) is 4.34. The molecule has 28 heavy (non-hydrogen) atoms. The predicted molar refractivity (Wildman–Crippen MR) is 109 cm³/mol. The zero-order valence-electron chi connectivity index (χ0n) is 16.2. The molecule has 7 heteroatoms. The number of para-hydroxylation sites is 1. The van der Waals surface area contributed by atoms with Crippen LogP contribution in [-0.4, -0.2) is 38.1 Å².